The van der Waals surface area contributed by atoms with Crippen LogP contribution in [0.15, 0.2) is 42.5 Å². The zero-order valence-corrected chi connectivity index (χ0v) is 15.0. The topological polar surface area (TPSA) is 59.6 Å². The normalized spacial score (nSPS) is 12.8. The van der Waals surface area contributed by atoms with Gasteiger partial charge in [-0.3, -0.25) is 0 Å². The van der Waals surface area contributed by atoms with Crippen LogP contribution in [0, 0.1) is 0 Å². The van der Waals surface area contributed by atoms with Crippen molar-refractivity contribution in [3.8, 4) is 11.5 Å². The number of fused-ring (bicyclic) bond motifs is 1. The molecule has 3 rings (SSSR count). The van der Waals surface area contributed by atoms with Crippen LogP contribution in [0.2, 0.25) is 5.02 Å². The van der Waals surface area contributed by atoms with Crippen LogP contribution >= 0.6 is 11.6 Å². The summed E-state index contributed by atoms with van der Waals surface area (Å²) in [6.07, 6.45) is 0. The summed E-state index contributed by atoms with van der Waals surface area (Å²) >= 11 is 5.94. The summed E-state index contributed by atoms with van der Waals surface area (Å²) in [6, 6.07) is 13.1. The number of carbonyl (C=O) groups excluding carboxylic acids is 1. The Bertz CT molecular complexity index is 777. The van der Waals surface area contributed by atoms with Crippen LogP contribution < -0.4 is 20.1 Å². The first-order chi connectivity index (χ1) is 11.9. The zero-order chi connectivity index (χ0) is 17.9. The number of hydrogen-bond donors (Lipinski definition) is 2. The molecule has 0 aliphatic carbocycles. The molecule has 0 fully saturated rings. The first-order valence-corrected chi connectivity index (χ1v) is 8.48. The summed E-state index contributed by atoms with van der Waals surface area (Å²) in [5, 5.41) is 6.41. The quantitative estimate of drug-likeness (QED) is 0.851. The van der Waals surface area contributed by atoms with Crippen molar-refractivity contribution in [2.45, 2.75) is 25.8 Å². The third kappa shape index (κ3) is 4.37. The molecular formula is C19H21ClN2O3. The van der Waals surface area contributed by atoms with Gasteiger partial charge in [-0.1, -0.05) is 43.6 Å². The van der Waals surface area contributed by atoms with E-state index in [1.165, 1.54) is 0 Å². The third-order valence-electron chi connectivity index (χ3n) is 4.19. The fourth-order valence-electron chi connectivity index (χ4n) is 2.61. The number of benzene rings is 2. The van der Waals surface area contributed by atoms with Gasteiger partial charge in [0.15, 0.2) is 11.5 Å². The predicted molar refractivity (Wildman–Crippen MR) is 97.3 cm³/mol. The van der Waals surface area contributed by atoms with Crippen LogP contribution in [0.1, 0.15) is 25.0 Å². The highest BCUT2D eigenvalue weighted by Crippen LogP contribution is 2.36. The molecule has 6 heteroatoms. The molecule has 0 unspecified atom stereocenters. The van der Waals surface area contributed by atoms with Crippen molar-refractivity contribution in [3.05, 3.63) is 58.6 Å². The maximum atomic E-state index is 12.1. The van der Waals surface area contributed by atoms with Gasteiger partial charge in [0.05, 0.1) is 0 Å². The Hall–Kier alpha value is -2.40. The molecule has 0 spiro atoms. The number of rotatable bonds is 5. The molecule has 0 bridgehead atoms. The lowest BCUT2D eigenvalue weighted by Crippen LogP contribution is -2.42. The van der Waals surface area contributed by atoms with Crippen LogP contribution in [-0.4, -0.2) is 19.4 Å². The lowest BCUT2D eigenvalue weighted by Gasteiger charge is -2.26. The zero-order valence-electron chi connectivity index (χ0n) is 14.3. The molecule has 0 radical (unpaired) electrons. The van der Waals surface area contributed by atoms with Gasteiger partial charge in [-0.05, 0) is 35.4 Å². The SMILES string of the molecule is CC(C)(CNC(=O)NCc1cccc(Cl)c1)c1ccc2c(c1)OCO2. The maximum Gasteiger partial charge on any atom is 0.315 e. The summed E-state index contributed by atoms with van der Waals surface area (Å²) in [5.74, 6) is 1.50. The van der Waals surface area contributed by atoms with Gasteiger partial charge in [0.1, 0.15) is 0 Å². The third-order valence-corrected chi connectivity index (χ3v) is 4.42. The van der Waals surface area contributed by atoms with Crippen LogP contribution in [0.5, 0.6) is 11.5 Å². The molecule has 1 aliphatic rings. The van der Waals surface area contributed by atoms with Gasteiger partial charge >= 0.3 is 6.03 Å². The van der Waals surface area contributed by atoms with Crippen molar-refractivity contribution < 1.29 is 14.3 Å². The van der Waals surface area contributed by atoms with Crippen LogP contribution in [0.3, 0.4) is 0 Å². The smallest absolute Gasteiger partial charge is 0.315 e. The van der Waals surface area contributed by atoms with E-state index in [4.69, 9.17) is 21.1 Å². The minimum Gasteiger partial charge on any atom is -0.454 e. The largest absolute Gasteiger partial charge is 0.454 e. The number of amides is 2. The molecule has 2 aromatic rings. The van der Waals surface area contributed by atoms with Crippen LogP contribution in [-0.2, 0) is 12.0 Å². The summed E-state index contributed by atoms with van der Waals surface area (Å²) in [5.41, 5.74) is 1.79. The molecule has 132 valence electrons. The summed E-state index contributed by atoms with van der Waals surface area (Å²) < 4.78 is 10.8. The maximum absolute atomic E-state index is 12.1. The van der Waals surface area contributed by atoms with E-state index < -0.39 is 0 Å². The fourth-order valence-corrected chi connectivity index (χ4v) is 2.83. The van der Waals surface area contributed by atoms with E-state index >= 15 is 0 Å². The predicted octanol–water partition coefficient (Wildman–Crippen LogP) is 3.85. The van der Waals surface area contributed by atoms with Crippen molar-refractivity contribution in [1.82, 2.24) is 10.6 Å². The highest BCUT2D eigenvalue weighted by atomic mass is 35.5. The first-order valence-electron chi connectivity index (χ1n) is 8.10. The highest BCUT2D eigenvalue weighted by molar-refractivity contribution is 6.30. The Morgan fingerprint density at radius 1 is 1.12 bits per heavy atom. The molecule has 25 heavy (non-hydrogen) atoms. The van der Waals surface area contributed by atoms with Gasteiger partial charge in [-0.2, -0.15) is 0 Å². The average molecular weight is 361 g/mol. The first kappa shape index (κ1) is 17.4. The molecule has 0 saturated heterocycles. The number of urea groups is 1. The standard InChI is InChI=1S/C19H21ClN2O3/c1-19(2,14-6-7-16-17(9-14)25-12-24-16)11-22-18(23)21-10-13-4-3-5-15(20)8-13/h3-9H,10-12H2,1-2H3,(H2,21,22,23). The molecule has 2 aromatic carbocycles. The molecule has 1 heterocycles. The Kier molecular flexibility index (Phi) is 5.04. The van der Waals surface area contributed by atoms with E-state index in [9.17, 15) is 4.79 Å². The number of ether oxygens (including phenoxy) is 2. The van der Waals surface area contributed by atoms with Gasteiger partial charge in [-0.15, -0.1) is 0 Å². The highest BCUT2D eigenvalue weighted by Gasteiger charge is 2.24. The molecule has 0 saturated carbocycles. The second-order valence-electron chi connectivity index (χ2n) is 6.62. The second kappa shape index (κ2) is 7.23. The molecule has 5 nitrogen and oxygen atoms in total. The monoisotopic (exact) mass is 360 g/mol. The Balaban J connectivity index is 1.53. The average Bonchev–Trinajstić information content (AvgIpc) is 3.06. The van der Waals surface area contributed by atoms with Gasteiger partial charge in [0.2, 0.25) is 6.79 Å². The van der Waals surface area contributed by atoms with Crippen molar-refractivity contribution in [2.24, 2.45) is 0 Å². The Morgan fingerprint density at radius 3 is 2.72 bits per heavy atom. The molecule has 2 N–H and O–H groups in total. The van der Waals surface area contributed by atoms with Gasteiger partial charge < -0.3 is 20.1 Å². The van der Waals surface area contributed by atoms with Crippen molar-refractivity contribution in [3.63, 3.8) is 0 Å². The Morgan fingerprint density at radius 2 is 1.92 bits per heavy atom. The molecule has 2 amide bonds. The molecule has 0 aromatic heterocycles. The molecular weight excluding hydrogens is 340 g/mol. The fraction of sp³-hybridized carbons (Fsp3) is 0.316. The molecule has 1 aliphatic heterocycles. The Labute approximate surface area is 152 Å². The lowest BCUT2D eigenvalue weighted by atomic mass is 9.84. The summed E-state index contributed by atoms with van der Waals surface area (Å²) in [6.45, 7) is 5.32. The van der Waals surface area contributed by atoms with Gasteiger partial charge in [-0.25, -0.2) is 4.79 Å². The van der Waals surface area contributed by atoms with Gasteiger partial charge in [0.25, 0.3) is 0 Å². The number of halogens is 1. The van der Waals surface area contributed by atoms with E-state index in [0.29, 0.717) is 18.1 Å². The van der Waals surface area contributed by atoms with E-state index in [0.717, 1.165) is 22.6 Å². The van der Waals surface area contributed by atoms with Crippen molar-refractivity contribution in [1.29, 1.82) is 0 Å². The van der Waals surface area contributed by atoms with E-state index in [-0.39, 0.29) is 18.2 Å². The minimum absolute atomic E-state index is 0.214. The van der Waals surface area contributed by atoms with E-state index in [2.05, 4.69) is 24.5 Å². The number of hydrogen-bond acceptors (Lipinski definition) is 3. The number of nitrogens with one attached hydrogen (secondary N) is 2. The van der Waals surface area contributed by atoms with Crippen LogP contribution in [0.4, 0.5) is 4.79 Å². The van der Waals surface area contributed by atoms with Crippen LogP contribution in [0.25, 0.3) is 0 Å². The van der Waals surface area contributed by atoms with E-state index in [1.807, 2.05) is 36.4 Å². The number of carbonyl (C=O) groups is 1. The van der Waals surface area contributed by atoms with Crippen molar-refractivity contribution >= 4 is 17.6 Å². The summed E-state index contributed by atoms with van der Waals surface area (Å²) in [7, 11) is 0. The molecule has 0 atom stereocenters. The van der Waals surface area contributed by atoms with Crippen molar-refractivity contribution in [2.75, 3.05) is 13.3 Å². The minimum atomic E-state index is -0.242. The summed E-state index contributed by atoms with van der Waals surface area (Å²) in [4.78, 5) is 12.1. The second-order valence-corrected chi connectivity index (χ2v) is 7.05. The van der Waals surface area contributed by atoms with E-state index in [1.54, 1.807) is 6.07 Å². The lowest BCUT2D eigenvalue weighted by molar-refractivity contribution is 0.174. The van der Waals surface area contributed by atoms with Gasteiger partial charge in [0, 0.05) is 23.5 Å².